The number of nitrogens with zero attached hydrogens (tertiary/aromatic N) is 2. The molecule has 6 nitrogen and oxygen atoms in total. The van der Waals surface area contributed by atoms with Gasteiger partial charge in [-0.15, -0.1) is 0 Å². The minimum atomic E-state index is 0.550. The smallest absolute Gasteiger partial charge is 0.142 e. The molecule has 19 heavy (non-hydrogen) atoms. The fourth-order valence-electron chi connectivity index (χ4n) is 1.58. The Morgan fingerprint density at radius 3 is 2.79 bits per heavy atom. The molecule has 1 rings (SSSR count). The van der Waals surface area contributed by atoms with E-state index >= 15 is 0 Å². The molecule has 0 saturated heterocycles. The van der Waals surface area contributed by atoms with Crippen LogP contribution in [0.5, 0.6) is 5.75 Å². The third kappa shape index (κ3) is 5.20. The van der Waals surface area contributed by atoms with Crippen LogP contribution in [0.15, 0.2) is 35.6 Å². The molecule has 1 aromatic rings. The van der Waals surface area contributed by atoms with Crippen molar-refractivity contribution < 1.29 is 4.74 Å². The van der Waals surface area contributed by atoms with Gasteiger partial charge in [0, 0.05) is 18.4 Å². The summed E-state index contributed by atoms with van der Waals surface area (Å²) in [5.74, 6) is 5.78. The van der Waals surface area contributed by atoms with E-state index in [0.29, 0.717) is 23.7 Å². The third-order valence-electron chi connectivity index (χ3n) is 2.41. The number of nitrogens with two attached hydrogens (primary N) is 3. The zero-order valence-electron chi connectivity index (χ0n) is 11.1. The molecular weight excluding hydrogens is 242 g/mol. The predicted octanol–water partition coefficient (Wildman–Crippen LogP) is 1.36. The quantitative estimate of drug-likeness (QED) is 0.172. The number of allylic oxidation sites excluding steroid dienone is 1. The molecule has 1 aromatic carbocycles. The highest BCUT2D eigenvalue weighted by molar-refractivity contribution is 5.60. The van der Waals surface area contributed by atoms with E-state index in [1.54, 1.807) is 24.5 Å². The molecule has 6 heteroatoms. The molecule has 0 heterocycles. The van der Waals surface area contributed by atoms with Crippen molar-refractivity contribution in [2.45, 2.75) is 13.3 Å². The van der Waals surface area contributed by atoms with Gasteiger partial charge in [0.2, 0.25) is 0 Å². The van der Waals surface area contributed by atoms with E-state index < -0.39 is 0 Å². The van der Waals surface area contributed by atoms with Crippen LogP contribution in [0.2, 0.25) is 0 Å². The van der Waals surface area contributed by atoms with Crippen LogP contribution in [-0.2, 0) is 0 Å². The zero-order chi connectivity index (χ0) is 14.1. The standard InChI is InChI=1S/C13H21N5O/c1-2-6-18(10-17-16)7-3-8-19-13-5-4-11(14)9-12(13)15/h2,4-6,9-10H,3,7-8,14-16H2,1H3/b6-2-,17-10+. The summed E-state index contributed by atoms with van der Waals surface area (Å²) < 4.78 is 5.59. The second kappa shape index (κ2) is 7.86. The highest BCUT2D eigenvalue weighted by Gasteiger charge is 2.01. The van der Waals surface area contributed by atoms with E-state index in [2.05, 4.69) is 5.10 Å². The van der Waals surface area contributed by atoms with Crippen LogP contribution >= 0.6 is 0 Å². The number of anilines is 2. The van der Waals surface area contributed by atoms with Crippen LogP contribution in [0.1, 0.15) is 13.3 Å². The maximum atomic E-state index is 5.79. The normalized spacial score (nSPS) is 11.2. The molecule has 0 aliphatic carbocycles. The van der Waals surface area contributed by atoms with E-state index in [0.717, 1.165) is 13.0 Å². The SMILES string of the molecule is C/C=C\N(/C=N/N)CCCOc1ccc(N)cc1N. The first-order chi connectivity index (χ1) is 9.17. The molecule has 6 N–H and O–H groups in total. The van der Waals surface area contributed by atoms with Gasteiger partial charge in [0.05, 0.1) is 12.3 Å². The molecule has 0 saturated carbocycles. The van der Waals surface area contributed by atoms with Crippen molar-refractivity contribution in [2.24, 2.45) is 10.9 Å². The highest BCUT2D eigenvalue weighted by atomic mass is 16.5. The van der Waals surface area contributed by atoms with Gasteiger partial charge in [-0.25, -0.2) is 0 Å². The third-order valence-corrected chi connectivity index (χ3v) is 2.41. The number of hydrogen-bond acceptors (Lipinski definition) is 5. The molecular formula is C13H21N5O. The van der Waals surface area contributed by atoms with Crippen LogP contribution < -0.4 is 22.0 Å². The molecule has 0 aliphatic heterocycles. The minimum absolute atomic E-state index is 0.550. The first kappa shape index (κ1) is 14.7. The fraction of sp³-hybridized carbons (Fsp3) is 0.308. The lowest BCUT2D eigenvalue weighted by Gasteiger charge is -2.14. The summed E-state index contributed by atoms with van der Waals surface area (Å²) in [7, 11) is 0. The van der Waals surface area contributed by atoms with Gasteiger partial charge in [0.1, 0.15) is 12.1 Å². The Balaban J connectivity index is 2.37. The number of ether oxygens (including phenoxy) is 1. The van der Waals surface area contributed by atoms with Crippen molar-refractivity contribution >= 4 is 17.7 Å². The van der Waals surface area contributed by atoms with Gasteiger partial charge in [0.15, 0.2) is 0 Å². The summed E-state index contributed by atoms with van der Waals surface area (Å²) in [5, 5.41) is 3.49. The van der Waals surface area contributed by atoms with Crippen LogP contribution in [-0.4, -0.2) is 24.4 Å². The van der Waals surface area contributed by atoms with Gasteiger partial charge >= 0.3 is 0 Å². The molecule has 0 bridgehead atoms. The van der Waals surface area contributed by atoms with Gasteiger partial charge in [-0.3, -0.25) is 0 Å². The maximum absolute atomic E-state index is 5.79. The number of benzene rings is 1. The number of hydrogen-bond donors (Lipinski definition) is 3. The lowest BCUT2D eigenvalue weighted by molar-refractivity contribution is 0.301. The molecule has 0 atom stereocenters. The summed E-state index contributed by atoms with van der Waals surface area (Å²) in [6, 6.07) is 5.22. The summed E-state index contributed by atoms with van der Waals surface area (Å²) >= 11 is 0. The number of hydrazone groups is 1. The second-order valence-corrected chi connectivity index (χ2v) is 3.98. The lowest BCUT2D eigenvalue weighted by atomic mass is 10.2. The van der Waals surface area contributed by atoms with Gasteiger partial charge in [0.25, 0.3) is 0 Å². The van der Waals surface area contributed by atoms with E-state index in [4.69, 9.17) is 22.0 Å². The predicted molar refractivity (Wildman–Crippen MR) is 79.6 cm³/mol. The van der Waals surface area contributed by atoms with Crippen LogP contribution in [0.3, 0.4) is 0 Å². The minimum Gasteiger partial charge on any atom is -0.491 e. The Kier molecular flexibility index (Phi) is 6.08. The van der Waals surface area contributed by atoms with Crippen LogP contribution in [0, 0.1) is 0 Å². The molecule has 0 amide bonds. The van der Waals surface area contributed by atoms with Crippen molar-refractivity contribution in [3.63, 3.8) is 0 Å². The molecule has 0 radical (unpaired) electrons. The van der Waals surface area contributed by atoms with Gasteiger partial charge < -0.3 is 26.9 Å². The van der Waals surface area contributed by atoms with Gasteiger partial charge in [-0.2, -0.15) is 5.10 Å². The van der Waals surface area contributed by atoms with Crippen molar-refractivity contribution in [3.05, 3.63) is 30.5 Å². The van der Waals surface area contributed by atoms with Crippen molar-refractivity contribution in [3.8, 4) is 5.75 Å². The first-order valence-electron chi connectivity index (χ1n) is 6.07. The fourth-order valence-corrected chi connectivity index (χ4v) is 1.58. The lowest BCUT2D eigenvalue weighted by Crippen LogP contribution is -2.19. The summed E-state index contributed by atoms with van der Waals surface area (Å²) in [6.07, 6.45) is 6.20. The molecule has 0 unspecified atom stereocenters. The number of nitrogen functional groups attached to an aromatic ring is 2. The summed E-state index contributed by atoms with van der Waals surface area (Å²) in [4.78, 5) is 1.88. The summed E-state index contributed by atoms with van der Waals surface area (Å²) in [5.41, 5.74) is 12.6. The van der Waals surface area contributed by atoms with E-state index in [1.165, 1.54) is 0 Å². The largest absolute Gasteiger partial charge is 0.491 e. The van der Waals surface area contributed by atoms with Crippen molar-refractivity contribution in [2.75, 3.05) is 24.6 Å². The van der Waals surface area contributed by atoms with Gasteiger partial charge in [-0.1, -0.05) is 6.08 Å². The topological polar surface area (TPSA) is 103 Å². The Morgan fingerprint density at radius 2 is 2.16 bits per heavy atom. The van der Waals surface area contributed by atoms with E-state index in [1.807, 2.05) is 24.1 Å². The Labute approximate surface area is 113 Å². The molecule has 104 valence electrons. The highest BCUT2D eigenvalue weighted by Crippen LogP contribution is 2.23. The van der Waals surface area contributed by atoms with Crippen LogP contribution in [0.4, 0.5) is 11.4 Å². The monoisotopic (exact) mass is 263 g/mol. The van der Waals surface area contributed by atoms with E-state index in [9.17, 15) is 0 Å². The molecule has 0 aliphatic rings. The van der Waals surface area contributed by atoms with Crippen LogP contribution in [0.25, 0.3) is 0 Å². The van der Waals surface area contributed by atoms with Gasteiger partial charge in [-0.05, 0) is 31.5 Å². The Morgan fingerprint density at radius 1 is 1.37 bits per heavy atom. The maximum Gasteiger partial charge on any atom is 0.142 e. The number of rotatable bonds is 7. The van der Waals surface area contributed by atoms with E-state index in [-0.39, 0.29) is 0 Å². The Bertz CT molecular complexity index is 433. The Hall–Kier alpha value is -2.37. The molecule has 0 aromatic heterocycles. The average molecular weight is 263 g/mol. The van der Waals surface area contributed by atoms with Crippen molar-refractivity contribution in [1.82, 2.24) is 4.90 Å². The van der Waals surface area contributed by atoms with Crippen molar-refractivity contribution in [1.29, 1.82) is 0 Å². The molecule has 0 fully saturated rings. The molecule has 0 spiro atoms. The zero-order valence-corrected chi connectivity index (χ0v) is 11.1. The second-order valence-electron chi connectivity index (χ2n) is 3.98. The average Bonchev–Trinajstić information content (AvgIpc) is 2.37. The summed E-state index contributed by atoms with van der Waals surface area (Å²) in [6.45, 7) is 3.25. The first-order valence-corrected chi connectivity index (χ1v) is 6.07.